The first-order valence-electron chi connectivity index (χ1n) is 4.68. The van der Waals surface area contributed by atoms with E-state index in [9.17, 15) is 9.59 Å². The Morgan fingerprint density at radius 3 is 1.85 bits per heavy atom. The molecule has 4 nitrogen and oxygen atoms in total. The summed E-state index contributed by atoms with van der Waals surface area (Å²) >= 11 is 0. The number of esters is 2. The number of carbonyl (C=O) groups excluding carboxylic acids is 2. The van der Waals surface area contributed by atoms with Crippen molar-refractivity contribution in [3.05, 3.63) is 0 Å². The van der Waals surface area contributed by atoms with Gasteiger partial charge >= 0.3 is 11.9 Å². The molecule has 2 aliphatic carbocycles. The van der Waals surface area contributed by atoms with Crippen molar-refractivity contribution in [2.45, 2.75) is 18.6 Å². The van der Waals surface area contributed by atoms with Crippen LogP contribution < -0.4 is 0 Å². The molecular weight excluding hydrogens is 172 g/mol. The van der Waals surface area contributed by atoms with Gasteiger partial charge in [-0.2, -0.15) is 0 Å². The molecule has 13 heavy (non-hydrogen) atoms. The number of rotatable bonds is 0. The number of ether oxygens (including phenoxy) is 2. The van der Waals surface area contributed by atoms with E-state index >= 15 is 0 Å². The number of carbonyl (C=O) groups is 2. The molecule has 0 radical (unpaired) electrons. The molecule has 0 aromatic carbocycles. The number of fused-ring (bicyclic) bond motifs is 2. The highest BCUT2D eigenvalue weighted by Gasteiger charge is 2.73. The summed E-state index contributed by atoms with van der Waals surface area (Å²) in [6.45, 7) is 0. The van der Waals surface area contributed by atoms with E-state index < -0.39 is 0 Å². The third-order valence-corrected chi connectivity index (χ3v) is 4.07. The minimum Gasteiger partial charge on any atom is -0.458 e. The summed E-state index contributed by atoms with van der Waals surface area (Å²) in [5, 5.41) is 0. The Hall–Kier alpha value is -1.06. The molecule has 0 amide bonds. The van der Waals surface area contributed by atoms with Crippen molar-refractivity contribution in [3.8, 4) is 0 Å². The summed E-state index contributed by atoms with van der Waals surface area (Å²) < 4.78 is 10.4. The lowest BCUT2D eigenvalue weighted by atomic mass is 9.81. The molecule has 2 bridgehead atoms. The zero-order valence-electron chi connectivity index (χ0n) is 6.80. The van der Waals surface area contributed by atoms with Crippen LogP contribution in [0.25, 0.3) is 0 Å². The van der Waals surface area contributed by atoms with E-state index in [2.05, 4.69) is 0 Å². The van der Waals surface area contributed by atoms with Gasteiger partial charge in [-0.15, -0.1) is 0 Å². The highest BCUT2D eigenvalue weighted by Crippen LogP contribution is 2.62. The molecule has 0 N–H and O–H groups in total. The second-order valence-electron chi connectivity index (χ2n) is 4.42. The van der Waals surface area contributed by atoms with E-state index in [1.165, 1.54) is 0 Å². The Morgan fingerprint density at radius 1 is 0.923 bits per heavy atom. The molecule has 2 saturated heterocycles. The third-order valence-electron chi connectivity index (χ3n) is 4.07. The fourth-order valence-corrected chi connectivity index (χ4v) is 3.68. The molecule has 68 valence electrons. The molecular formula is C9H8O4. The van der Waals surface area contributed by atoms with Crippen LogP contribution in [0.3, 0.4) is 0 Å². The van der Waals surface area contributed by atoms with Crippen molar-refractivity contribution in [2.75, 3.05) is 0 Å². The van der Waals surface area contributed by atoms with Crippen LogP contribution in [-0.2, 0) is 19.1 Å². The third kappa shape index (κ3) is 0.474. The fourth-order valence-electron chi connectivity index (χ4n) is 3.68. The van der Waals surface area contributed by atoms with Gasteiger partial charge in [-0.25, -0.2) is 0 Å². The molecule has 4 rings (SSSR count). The van der Waals surface area contributed by atoms with Gasteiger partial charge in [0.15, 0.2) is 0 Å². The van der Waals surface area contributed by atoms with Crippen LogP contribution in [0.2, 0.25) is 0 Å². The Kier molecular flexibility index (Phi) is 0.791. The van der Waals surface area contributed by atoms with Gasteiger partial charge in [-0.3, -0.25) is 9.59 Å². The van der Waals surface area contributed by atoms with Crippen molar-refractivity contribution >= 4 is 11.9 Å². The van der Waals surface area contributed by atoms with Gasteiger partial charge in [0.1, 0.15) is 12.2 Å². The molecule has 4 aliphatic rings. The topological polar surface area (TPSA) is 52.6 Å². The van der Waals surface area contributed by atoms with Crippen molar-refractivity contribution < 1.29 is 19.1 Å². The Balaban J connectivity index is 1.94. The Bertz CT molecular complexity index is 301. The number of hydrogen-bond acceptors (Lipinski definition) is 4. The molecule has 2 saturated carbocycles. The second-order valence-corrected chi connectivity index (χ2v) is 4.42. The van der Waals surface area contributed by atoms with Crippen LogP contribution in [0.5, 0.6) is 0 Å². The lowest BCUT2D eigenvalue weighted by Crippen LogP contribution is -2.31. The highest BCUT2D eigenvalue weighted by atomic mass is 16.6. The second kappa shape index (κ2) is 1.61. The maximum Gasteiger partial charge on any atom is 0.310 e. The summed E-state index contributed by atoms with van der Waals surface area (Å²) in [4.78, 5) is 22.8. The van der Waals surface area contributed by atoms with Crippen LogP contribution in [0.15, 0.2) is 0 Å². The molecule has 0 unspecified atom stereocenters. The molecule has 0 spiro atoms. The van der Waals surface area contributed by atoms with Crippen molar-refractivity contribution in [1.82, 2.24) is 0 Å². The van der Waals surface area contributed by atoms with Crippen LogP contribution in [0.4, 0.5) is 0 Å². The molecule has 0 aromatic heterocycles. The standard InChI is InChI=1S/C9H8O4/c10-8-4-2-1-3-5(4)9(11)13-7(3)6(2)12-8/h2-7H,1H2/t2-,3-,4+,5+,6-,7+/m1/s1. The van der Waals surface area contributed by atoms with Crippen molar-refractivity contribution in [1.29, 1.82) is 0 Å². The van der Waals surface area contributed by atoms with E-state index in [1.54, 1.807) is 0 Å². The van der Waals surface area contributed by atoms with Gasteiger partial charge < -0.3 is 9.47 Å². The van der Waals surface area contributed by atoms with Gasteiger partial charge in [-0.1, -0.05) is 0 Å². The van der Waals surface area contributed by atoms with Crippen LogP contribution >= 0.6 is 0 Å². The number of hydrogen-bond donors (Lipinski definition) is 0. The molecule has 6 atom stereocenters. The normalized spacial score (nSPS) is 60.0. The van der Waals surface area contributed by atoms with E-state index in [0.717, 1.165) is 6.42 Å². The minimum atomic E-state index is -0.166. The Labute approximate surface area is 74.2 Å². The van der Waals surface area contributed by atoms with Gasteiger partial charge in [-0.05, 0) is 6.42 Å². The quantitative estimate of drug-likeness (QED) is 0.481. The highest BCUT2D eigenvalue weighted by molar-refractivity contribution is 5.88. The molecule has 4 fully saturated rings. The average Bonchev–Trinajstić information content (AvgIpc) is 2.67. The van der Waals surface area contributed by atoms with Gasteiger partial charge in [0, 0.05) is 11.8 Å². The van der Waals surface area contributed by atoms with Crippen LogP contribution in [0.1, 0.15) is 6.42 Å². The first kappa shape index (κ1) is 6.40. The van der Waals surface area contributed by atoms with Crippen molar-refractivity contribution in [2.24, 2.45) is 23.7 Å². The maximum absolute atomic E-state index is 11.4. The SMILES string of the molecule is O=C1O[C@@H]2[C@@H]3C[C@H]4[C@@H]2OC(=O)[C@@H]4[C@@H]13. The lowest BCUT2D eigenvalue weighted by Gasteiger charge is -2.17. The molecule has 0 aromatic rings. The smallest absolute Gasteiger partial charge is 0.310 e. The van der Waals surface area contributed by atoms with E-state index in [1.807, 2.05) is 0 Å². The lowest BCUT2D eigenvalue weighted by molar-refractivity contribution is -0.160. The van der Waals surface area contributed by atoms with Crippen LogP contribution in [-0.4, -0.2) is 24.1 Å². The van der Waals surface area contributed by atoms with E-state index in [0.29, 0.717) is 0 Å². The van der Waals surface area contributed by atoms with Gasteiger partial charge in [0.25, 0.3) is 0 Å². The zero-order valence-corrected chi connectivity index (χ0v) is 6.80. The predicted molar refractivity (Wildman–Crippen MR) is 38.3 cm³/mol. The van der Waals surface area contributed by atoms with Gasteiger partial charge in [0.2, 0.25) is 0 Å². The van der Waals surface area contributed by atoms with E-state index in [-0.39, 0.29) is 47.8 Å². The van der Waals surface area contributed by atoms with E-state index in [4.69, 9.17) is 9.47 Å². The summed E-state index contributed by atoms with van der Waals surface area (Å²) in [6, 6.07) is 0. The summed E-state index contributed by atoms with van der Waals surface area (Å²) in [5.41, 5.74) is 0. The summed E-state index contributed by atoms with van der Waals surface area (Å²) in [7, 11) is 0. The Morgan fingerprint density at radius 2 is 1.38 bits per heavy atom. The summed E-state index contributed by atoms with van der Waals surface area (Å²) in [6.07, 6.45) is 0.734. The predicted octanol–water partition coefficient (Wildman–Crippen LogP) is -0.281. The zero-order chi connectivity index (χ0) is 8.74. The van der Waals surface area contributed by atoms with Gasteiger partial charge in [0.05, 0.1) is 11.8 Å². The summed E-state index contributed by atoms with van der Waals surface area (Å²) in [5.74, 6) is -0.108. The first-order valence-corrected chi connectivity index (χ1v) is 4.68. The maximum atomic E-state index is 11.4. The first-order chi connectivity index (χ1) is 6.27. The largest absolute Gasteiger partial charge is 0.458 e. The van der Waals surface area contributed by atoms with Crippen molar-refractivity contribution in [3.63, 3.8) is 0 Å². The monoisotopic (exact) mass is 180 g/mol. The van der Waals surface area contributed by atoms with Crippen LogP contribution in [0, 0.1) is 23.7 Å². The fraction of sp³-hybridized carbons (Fsp3) is 0.778. The molecule has 4 heteroatoms. The average molecular weight is 180 g/mol. The minimum absolute atomic E-state index is 0.106. The molecule has 2 heterocycles. The molecule has 2 aliphatic heterocycles.